The van der Waals surface area contributed by atoms with E-state index < -0.39 is 12.0 Å². The Bertz CT molecular complexity index is 645. The molecule has 0 atom stereocenters. The van der Waals surface area contributed by atoms with E-state index in [0.717, 1.165) is 9.25 Å². The lowest BCUT2D eigenvalue weighted by Gasteiger charge is -2.09. The Balaban J connectivity index is 2.75. The molecule has 0 unspecified atom stereocenters. The summed E-state index contributed by atoms with van der Waals surface area (Å²) >= 11 is 4.89. The Hall–Kier alpha value is -1.83. The molecule has 2 aromatic rings. The molecule has 0 spiro atoms. The third kappa shape index (κ3) is 2.10. The van der Waals surface area contributed by atoms with Crippen molar-refractivity contribution in [1.82, 2.24) is 14.3 Å². The van der Waals surface area contributed by atoms with Crippen molar-refractivity contribution in [2.24, 2.45) is 7.05 Å². The van der Waals surface area contributed by atoms with Gasteiger partial charge >= 0.3 is 6.18 Å². The van der Waals surface area contributed by atoms with Crippen molar-refractivity contribution in [3.8, 4) is 11.4 Å². The zero-order valence-corrected chi connectivity index (χ0v) is 9.96. The number of phenolic OH excluding ortho intramolecular Hbond substituents is 1. The second kappa shape index (κ2) is 4.13. The van der Waals surface area contributed by atoms with Crippen molar-refractivity contribution in [2.75, 3.05) is 0 Å². The van der Waals surface area contributed by atoms with Gasteiger partial charge in [-0.25, -0.2) is 4.68 Å². The van der Waals surface area contributed by atoms with Crippen LogP contribution in [0.1, 0.15) is 5.82 Å². The number of alkyl halides is 3. The molecule has 18 heavy (non-hydrogen) atoms. The molecule has 0 fully saturated rings. The van der Waals surface area contributed by atoms with Gasteiger partial charge in [0.1, 0.15) is 5.75 Å². The maximum Gasteiger partial charge on any atom is 0.452 e. The second-order valence-electron chi connectivity index (χ2n) is 3.58. The molecule has 0 aliphatic heterocycles. The maximum atomic E-state index is 12.8. The third-order valence-corrected chi connectivity index (χ3v) is 2.71. The normalized spacial score (nSPS) is 11.8. The first-order valence-corrected chi connectivity index (χ1v) is 5.24. The number of aryl methyl sites for hydroxylation is 1. The lowest BCUT2D eigenvalue weighted by atomic mass is 10.3. The molecule has 4 nitrogen and oxygen atoms in total. The second-order valence-corrected chi connectivity index (χ2v) is 3.95. The molecule has 0 aliphatic carbocycles. The Labute approximate surface area is 105 Å². The highest BCUT2D eigenvalue weighted by Crippen LogP contribution is 2.30. The van der Waals surface area contributed by atoms with Gasteiger partial charge in [-0.15, -0.1) is 5.10 Å². The zero-order chi connectivity index (χ0) is 13.5. The fourth-order valence-electron chi connectivity index (χ4n) is 1.51. The summed E-state index contributed by atoms with van der Waals surface area (Å²) in [5.74, 6) is -1.27. The van der Waals surface area contributed by atoms with E-state index in [0.29, 0.717) is 0 Å². The third-order valence-electron chi connectivity index (χ3n) is 2.27. The van der Waals surface area contributed by atoms with Crippen LogP contribution in [0.2, 0.25) is 0 Å². The van der Waals surface area contributed by atoms with Gasteiger partial charge in [-0.1, -0.05) is 6.07 Å². The highest BCUT2D eigenvalue weighted by molar-refractivity contribution is 7.71. The van der Waals surface area contributed by atoms with Crippen LogP contribution in [0.4, 0.5) is 13.2 Å². The van der Waals surface area contributed by atoms with Crippen molar-refractivity contribution in [2.45, 2.75) is 6.18 Å². The Kier molecular flexibility index (Phi) is 2.89. The van der Waals surface area contributed by atoms with E-state index in [4.69, 9.17) is 12.2 Å². The van der Waals surface area contributed by atoms with Crippen LogP contribution in [-0.2, 0) is 13.2 Å². The van der Waals surface area contributed by atoms with E-state index >= 15 is 0 Å². The fourth-order valence-corrected chi connectivity index (χ4v) is 1.75. The Morgan fingerprint density at radius 1 is 1.33 bits per heavy atom. The summed E-state index contributed by atoms with van der Waals surface area (Å²) < 4.78 is 40.1. The van der Waals surface area contributed by atoms with Gasteiger partial charge in [0.2, 0.25) is 10.6 Å². The summed E-state index contributed by atoms with van der Waals surface area (Å²) in [5, 5.41) is 12.7. The van der Waals surface area contributed by atoms with Crippen LogP contribution in [0.25, 0.3) is 5.69 Å². The standard InChI is InChI=1S/C10H8F3N3OS/c1-15-9(18)16(8(14-15)10(11,12)13)6-3-2-4-7(17)5-6/h2-5,17H,1H3. The van der Waals surface area contributed by atoms with Gasteiger partial charge in [-0.3, -0.25) is 4.57 Å². The van der Waals surface area contributed by atoms with Gasteiger partial charge in [0.05, 0.1) is 5.69 Å². The number of halogens is 3. The SMILES string of the molecule is Cn1nc(C(F)(F)F)n(-c2cccc(O)c2)c1=S. The molecule has 8 heteroatoms. The van der Waals surface area contributed by atoms with Crippen LogP contribution >= 0.6 is 12.2 Å². The van der Waals surface area contributed by atoms with Gasteiger partial charge < -0.3 is 5.11 Å². The van der Waals surface area contributed by atoms with Crippen molar-refractivity contribution in [1.29, 1.82) is 0 Å². The van der Waals surface area contributed by atoms with Gasteiger partial charge in [-0.2, -0.15) is 13.2 Å². The van der Waals surface area contributed by atoms with Crippen LogP contribution in [0.3, 0.4) is 0 Å². The lowest BCUT2D eigenvalue weighted by molar-refractivity contribution is -0.146. The largest absolute Gasteiger partial charge is 0.508 e. The molecule has 0 bridgehead atoms. The van der Waals surface area contributed by atoms with Gasteiger partial charge in [0, 0.05) is 13.1 Å². The molecule has 1 aromatic heterocycles. The van der Waals surface area contributed by atoms with Crippen LogP contribution in [0, 0.1) is 4.77 Å². The lowest BCUT2D eigenvalue weighted by Crippen LogP contribution is -2.14. The van der Waals surface area contributed by atoms with Crippen molar-refractivity contribution in [3.63, 3.8) is 0 Å². The molecular formula is C10H8F3N3OS. The number of benzene rings is 1. The minimum absolute atomic E-state index is 0.104. The van der Waals surface area contributed by atoms with E-state index in [9.17, 15) is 18.3 Å². The summed E-state index contributed by atoms with van der Waals surface area (Å²) in [4.78, 5) is 0. The number of hydrogen-bond acceptors (Lipinski definition) is 3. The van der Waals surface area contributed by atoms with Gasteiger partial charge in [0.15, 0.2) is 0 Å². The molecule has 0 radical (unpaired) electrons. The average molecular weight is 275 g/mol. The highest BCUT2D eigenvalue weighted by atomic mass is 32.1. The molecule has 0 aliphatic rings. The number of hydrogen-bond donors (Lipinski definition) is 1. The van der Waals surface area contributed by atoms with Crippen molar-refractivity contribution in [3.05, 3.63) is 34.9 Å². The van der Waals surface area contributed by atoms with E-state index in [2.05, 4.69) is 5.10 Å². The molecular weight excluding hydrogens is 267 g/mol. The topological polar surface area (TPSA) is 43.0 Å². The molecule has 0 saturated carbocycles. The van der Waals surface area contributed by atoms with Crippen molar-refractivity contribution >= 4 is 12.2 Å². The molecule has 1 heterocycles. The molecule has 0 amide bonds. The molecule has 0 saturated heterocycles. The molecule has 1 aromatic carbocycles. The monoisotopic (exact) mass is 275 g/mol. The zero-order valence-electron chi connectivity index (χ0n) is 9.14. The Morgan fingerprint density at radius 2 is 2.00 bits per heavy atom. The van der Waals surface area contributed by atoms with E-state index in [1.54, 1.807) is 0 Å². The summed E-state index contributed by atoms with van der Waals surface area (Å²) in [6, 6.07) is 5.38. The predicted molar refractivity (Wildman–Crippen MR) is 60.0 cm³/mol. The Morgan fingerprint density at radius 3 is 2.56 bits per heavy atom. The first-order chi connectivity index (χ1) is 8.30. The minimum atomic E-state index is -4.62. The minimum Gasteiger partial charge on any atom is -0.508 e. The summed E-state index contributed by atoms with van der Waals surface area (Å²) in [5.41, 5.74) is 0.112. The highest BCUT2D eigenvalue weighted by Gasteiger charge is 2.38. The number of aromatic hydroxyl groups is 1. The summed E-state index contributed by atoms with van der Waals surface area (Å²) in [6.07, 6.45) is -4.62. The summed E-state index contributed by atoms with van der Waals surface area (Å²) in [7, 11) is 1.33. The number of aromatic nitrogens is 3. The number of rotatable bonds is 1. The first-order valence-electron chi connectivity index (χ1n) is 4.83. The maximum absolute atomic E-state index is 12.8. The molecule has 2 rings (SSSR count). The van der Waals surface area contributed by atoms with Crippen LogP contribution in [0.15, 0.2) is 24.3 Å². The smallest absolute Gasteiger partial charge is 0.452 e. The van der Waals surface area contributed by atoms with Crippen LogP contribution < -0.4 is 0 Å². The van der Waals surface area contributed by atoms with Crippen LogP contribution in [0.5, 0.6) is 5.75 Å². The van der Waals surface area contributed by atoms with Gasteiger partial charge in [0.25, 0.3) is 0 Å². The number of nitrogens with zero attached hydrogens (tertiary/aromatic N) is 3. The van der Waals surface area contributed by atoms with Gasteiger partial charge in [-0.05, 0) is 24.4 Å². The first kappa shape index (κ1) is 12.6. The molecule has 1 N–H and O–H groups in total. The average Bonchev–Trinajstić information content (AvgIpc) is 2.55. The van der Waals surface area contributed by atoms with E-state index in [1.165, 1.54) is 31.3 Å². The van der Waals surface area contributed by atoms with Crippen LogP contribution in [-0.4, -0.2) is 19.5 Å². The quantitative estimate of drug-likeness (QED) is 0.814. The fraction of sp³-hybridized carbons (Fsp3) is 0.200. The van der Waals surface area contributed by atoms with Crippen molar-refractivity contribution < 1.29 is 18.3 Å². The molecule has 96 valence electrons. The van der Waals surface area contributed by atoms with E-state index in [-0.39, 0.29) is 16.2 Å². The predicted octanol–water partition coefficient (Wildman–Crippen LogP) is 2.66. The number of phenols is 1. The summed E-state index contributed by atoms with van der Waals surface area (Å²) in [6.45, 7) is 0. The van der Waals surface area contributed by atoms with E-state index in [1.807, 2.05) is 0 Å².